The van der Waals surface area contributed by atoms with Gasteiger partial charge >= 0.3 is 18.6 Å². The molecule has 0 amide bonds. The lowest BCUT2D eigenvalue weighted by molar-refractivity contribution is 0.266. The molecule has 140 valence electrons. The summed E-state index contributed by atoms with van der Waals surface area (Å²) in [5, 5.41) is -1.32. The molecule has 0 aromatic heterocycles. The third kappa shape index (κ3) is 9.51. The minimum Gasteiger partial charge on any atom is -0.400 e. The van der Waals surface area contributed by atoms with Crippen molar-refractivity contribution in [3.05, 3.63) is 0 Å². The Bertz CT molecular complexity index is 345. The lowest BCUT2D eigenvalue weighted by Crippen LogP contribution is -2.25. The van der Waals surface area contributed by atoms with Crippen molar-refractivity contribution in [2.45, 2.75) is 44.7 Å². The molecule has 3 unspecified atom stereocenters. The van der Waals surface area contributed by atoms with Gasteiger partial charge in [-0.05, 0) is 42.0 Å². The second kappa shape index (κ2) is 13.5. The smallest absolute Gasteiger partial charge is 0.323 e. The summed E-state index contributed by atoms with van der Waals surface area (Å²) < 4.78 is 21.9. The van der Waals surface area contributed by atoms with Crippen LogP contribution in [-0.4, -0.2) is 65.1 Å². The minimum atomic E-state index is -1.52. The Hall–Kier alpha value is 1.27. The average Bonchev–Trinajstić information content (AvgIpc) is 2.55. The molecule has 0 saturated carbocycles. The van der Waals surface area contributed by atoms with E-state index >= 15 is 0 Å². The van der Waals surface area contributed by atoms with Crippen molar-refractivity contribution in [1.82, 2.24) is 0 Å². The third-order valence-electron chi connectivity index (χ3n) is 4.17. The van der Waals surface area contributed by atoms with Crippen LogP contribution in [0, 0.1) is 0 Å². The van der Waals surface area contributed by atoms with Crippen molar-refractivity contribution in [2.24, 2.45) is 0 Å². The first-order chi connectivity index (χ1) is 10.9. The van der Waals surface area contributed by atoms with Crippen LogP contribution < -0.4 is 0 Å². The summed E-state index contributed by atoms with van der Waals surface area (Å²) in [7, 11) is 4.02. The topological polar surface area (TPSA) is 36.9 Å². The van der Waals surface area contributed by atoms with Gasteiger partial charge in [-0.15, -0.1) is 11.4 Å². The minimum absolute atomic E-state index is 0.511. The fourth-order valence-electron chi connectivity index (χ4n) is 2.51. The number of rotatable bonds is 14. The van der Waals surface area contributed by atoms with Crippen molar-refractivity contribution >= 4 is 47.0 Å². The van der Waals surface area contributed by atoms with Crippen LogP contribution in [0.1, 0.15) is 33.6 Å². The Labute approximate surface area is 155 Å². The predicted octanol–water partition coefficient (Wildman–Crippen LogP) is 3.72. The van der Waals surface area contributed by atoms with Crippen LogP contribution >= 0.6 is 16.6 Å². The zero-order valence-corrected chi connectivity index (χ0v) is 20.6. The van der Waals surface area contributed by atoms with Gasteiger partial charge in [0.05, 0.1) is 0 Å². The zero-order valence-electron chi connectivity index (χ0n) is 15.7. The lowest BCUT2D eigenvalue weighted by atomic mass is 10.4. The van der Waals surface area contributed by atoms with E-state index in [1.54, 1.807) is 28.4 Å². The molecule has 3 atom stereocenters. The van der Waals surface area contributed by atoms with Gasteiger partial charge in [0.25, 0.3) is 0 Å². The van der Waals surface area contributed by atoms with Gasteiger partial charge in [-0.3, -0.25) is 0 Å². The molecule has 0 aliphatic carbocycles. The van der Waals surface area contributed by atoms with Crippen molar-refractivity contribution in [1.29, 1.82) is 0 Å². The van der Waals surface area contributed by atoms with Gasteiger partial charge in [-0.1, -0.05) is 32.6 Å². The maximum atomic E-state index is 6.01. The molecule has 0 heterocycles. The fourth-order valence-corrected chi connectivity index (χ4v) is 11.9. The largest absolute Gasteiger partial charge is 0.400 e. The molecule has 0 aromatic carbocycles. The van der Waals surface area contributed by atoms with E-state index in [9.17, 15) is 0 Å². The molecular formula is C14H35O4PS2Si2. The molecule has 9 heteroatoms. The first kappa shape index (κ1) is 24.3. The number of hydrogen-bond acceptors (Lipinski definition) is 6. The van der Waals surface area contributed by atoms with E-state index in [1.807, 2.05) is 11.4 Å². The average molecular weight is 419 g/mol. The Morgan fingerprint density at radius 1 is 0.913 bits per heavy atom. The first-order valence-corrected chi connectivity index (χ1v) is 16.2. The summed E-state index contributed by atoms with van der Waals surface area (Å²) in [5.74, 6) is 1.12. The highest BCUT2D eigenvalue weighted by Crippen LogP contribution is 2.60. The Kier molecular flexibility index (Phi) is 14.2. The molecule has 0 aromatic rings. The maximum Gasteiger partial charge on any atom is 0.323 e. The molecule has 0 bridgehead atoms. The van der Waals surface area contributed by atoms with Gasteiger partial charge in [0.1, 0.15) is 0 Å². The van der Waals surface area contributed by atoms with E-state index < -0.39 is 23.8 Å². The summed E-state index contributed by atoms with van der Waals surface area (Å²) >= 11 is 8.04. The van der Waals surface area contributed by atoms with E-state index in [-0.39, 0.29) is 0 Å². The second-order valence-corrected chi connectivity index (χ2v) is 20.6. The Morgan fingerprint density at radius 3 is 1.74 bits per heavy atom. The molecule has 0 rings (SSSR count). The fraction of sp³-hybridized carbons (Fsp3) is 1.00. The van der Waals surface area contributed by atoms with E-state index in [0.717, 1.165) is 30.9 Å². The second-order valence-electron chi connectivity index (χ2n) is 5.90. The van der Waals surface area contributed by atoms with Gasteiger partial charge in [0, 0.05) is 33.7 Å². The molecule has 23 heavy (non-hydrogen) atoms. The van der Waals surface area contributed by atoms with Crippen LogP contribution in [0.2, 0.25) is 11.1 Å². The van der Waals surface area contributed by atoms with Crippen LogP contribution in [0.3, 0.4) is 0 Å². The van der Waals surface area contributed by atoms with E-state index in [0.29, 0.717) is 11.1 Å². The van der Waals surface area contributed by atoms with Crippen LogP contribution in [0.25, 0.3) is 0 Å². The van der Waals surface area contributed by atoms with Crippen molar-refractivity contribution in [2.75, 3.05) is 46.5 Å². The van der Waals surface area contributed by atoms with Gasteiger partial charge in [-0.2, -0.15) is 0 Å². The van der Waals surface area contributed by atoms with Crippen molar-refractivity contribution < 1.29 is 17.7 Å². The van der Waals surface area contributed by atoms with Gasteiger partial charge in [0.2, 0.25) is 0 Å². The first-order valence-electron chi connectivity index (χ1n) is 8.21. The molecular weight excluding hydrogens is 383 g/mol. The molecule has 0 saturated heterocycles. The summed E-state index contributed by atoms with van der Waals surface area (Å²) in [5.41, 5.74) is 1.03. The van der Waals surface area contributed by atoms with Crippen molar-refractivity contribution in [3.63, 3.8) is 0 Å². The molecule has 0 aliphatic rings. The molecule has 0 spiro atoms. The Balaban J connectivity index is 4.32. The van der Waals surface area contributed by atoms with Crippen molar-refractivity contribution in [3.8, 4) is 0 Å². The third-order valence-corrected chi connectivity index (χ3v) is 16.9. The summed E-state index contributed by atoms with van der Waals surface area (Å²) in [6, 6.07) is 0. The zero-order chi connectivity index (χ0) is 17.9. The SMILES string of the molecule is CCP(=S)(CCC(C)[SiH](OC)OC)SCCC(C)[SiH](OC)OC. The van der Waals surface area contributed by atoms with Gasteiger partial charge < -0.3 is 17.7 Å². The van der Waals surface area contributed by atoms with E-state index in [1.165, 1.54) is 0 Å². The highest BCUT2D eigenvalue weighted by Gasteiger charge is 2.24. The number of hydrogen-bond donors (Lipinski definition) is 0. The van der Waals surface area contributed by atoms with Gasteiger partial charge in [-0.25, -0.2) is 0 Å². The maximum absolute atomic E-state index is 6.01. The summed E-state index contributed by atoms with van der Waals surface area (Å²) in [6.45, 7) is 6.71. The highest BCUT2D eigenvalue weighted by atomic mass is 32.9. The van der Waals surface area contributed by atoms with Crippen LogP contribution in [0.15, 0.2) is 0 Å². The Morgan fingerprint density at radius 2 is 1.35 bits per heavy atom. The standard InChI is InChI=1S/C14H35O4PS2Si2/c1-8-19(20,11-9-13(2)22(15-4)16-5)21-12-10-14(3)23(17-6)18-7/h13-14,22-23H,8-12H2,1-7H3. The normalized spacial score (nSPS) is 17.4. The molecule has 0 N–H and O–H groups in total. The highest BCUT2D eigenvalue weighted by molar-refractivity contribution is 8.70. The monoisotopic (exact) mass is 418 g/mol. The molecule has 0 aliphatic heterocycles. The van der Waals surface area contributed by atoms with Gasteiger partial charge in [0.15, 0.2) is 0 Å². The molecule has 4 nitrogen and oxygen atoms in total. The molecule has 0 fully saturated rings. The predicted molar refractivity (Wildman–Crippen MR) is 113 cm³/mol. The van der Waals surface area contributed by atoms with E-state index in [2.05, 4.69) is 20.8 Å². The summed E-state index contributed by atoms with van der Waals surface area (Å²) in [6.07, 6.45) is 4.52. The van der Waals surface area contributed by atoms with E-state index in [4.69, 9.17) is 29.5 Å². The van der Waals surface area contributed by atoms with Crippen LogP contribution in [0.4, 0.5) is 0 Å². The van der Waals surface area contributed by atoms with Crippen LogP contribution in [-0.2, 0) is 29.5 Å². The quantitative estimate of drug-likeness (QED) is 0.316. The van der Waals surface area contributed by atoms with Crippen LogP contribution in [0.5, 0.6) is 0 Å². The lowest BCUT2D eigenvalue weighted by Gasteiger charge is -2.25. The molecule has 0 radical (unpaired) electrons. The summed E-state index contributed by atoms with van der Waals surface area (Å²) in [4.78, 5) is 0.